The topological polar surface area (TPSA) is 66.5 Å². The summed E-state index contributed by atoms with van der Waals surface area (Å²) in [4.78, 5) is 15.1. The number of amides is 1. The summed E-state index contributed by atoms with van der Waals surface area (Å²) in [5, 5.41) is 0. The van der Waals surface area contributed by atoms with Gasteiger partial charge in [0.25, 0.3) is 5.91 Å². The molecule has 0 spiro atoms. The van der Waals surface area contributed by atoms with Gasteiger partial charge in [0.15, 0.2) is 0 Å². The van der Waals surface area contributed by atoms with Gasteiger partial charge in [0.1, 0.15) is 0 Å². The van der Waals surface area contributed by atoms with Gasteiger partial charge in [-0.25, -0.2) is 13.1 Å². The van der Waals surface area contributed by atoms with Crippen LogP contribution < -0.4 is 9.62 Å². The highest BCUT2D eigenvalue weighted by Gasteiger charge is 2.31. The maximum atomic E-state index is 13.1. The zero-order chi connectivity index (χ0) is 19.7. The Kier molecular flexibility index (Phi) is 5.25. The molecule has 2 aromatic carbocycles. The third-order valence-electron chi connectivity index (χ3n) is 5.76. The van der Waals surface area contributed by atoms with Gasteiger partial charge in [0.2, 0.25) is 10.0 Å². The van der Waals surface area contributed by atoms with Crippen LogP contribution in [0.3, 0.4) is 0 Å². The molecular weight excluding hydrogens is 372 g/mol. The monoisotopic (exact) mass is 398 g/mol. The van der Waals surface area contributed by atoms with Crippen LogP contribution in [0.5, 0.6) is 0 Å². The highest BCUT2D eigenvalue weighted by Crippen LogP contribution is 2.33. The molecule has 2 aliphatic rings. The maximum Gasteiger partial charge on any atom is 0.258 e. The standard InChI is InChI=1S/C22H26N2O3S/c1-16-15-18-7-5-6-10-21(18)24(16)22(25)17-11-13-20(14-12-17)28(26,27)23-19-8-3-2-4-9-19/h5-7,10-14,16,19,23H,2-4,8-9,15H2,1H3. The second kappa shape index (κ2) is 7.68. The molecule has 148 valence electrons. The van der Waals surface area contributed by atoms with Crippen molar-refractivity contribution in [3.05, 3.63) is 59.7 Å². The van der Waals surface area contributed by atoms with E-state index in [1.165, 1.54) is 24.1 Å². The Hall–Kier alpha value is -2.18. The van der Waals surface area contributed by atoms with Gasteiger partial charge in [-0.15, -0.1) is 0 Å². The largest absolute Gasteiger partial charge is 0.305 e. The molecule has 1 unspecified atom stereocenters. The summed E-state index contributed by atoms with van der Waals surface area (Å²) in [5.74, 6) is -0.0957. The van der Waals surface area contributed by atoms with Crippen molar-refractivity contribution in [1.82, 2.24) is 4.72 Å². The van der Waals surface area contributed by atoms with Gasteiger partial charge in [-0.05, 0) is 62.1 Å². The Morgan fingerprint density at radius 2 is 1.68 bits per heavy atom. The molecule has 0 saturated heterocycles. The first-order chi connectivity index (χ1) is 13.5. The van der Waals surface area contributed by atoms with Crippen LogP contribution in [0.4, 0.5) is 5.69 Å². The minimum absolute atomic E-state index is 0.0157. The molecule has 1 atom stereocenters. The van der Waals surface area contributed by atoms with Crippen molar-refractivity contribution < 1.29 is 13.2 Å². The molecule has 28 heavy (non-hydrogen) atoms. The fourth-order valence-electron chi connectivity index (χ4n) is 4.30. The lowest BCUT2D eigenvalue weighted by molar-refractivity contribution is 0.0981. The second-order valence-electron chi connectivity index (χ2n) is 7.84. The number of sulfonamides is 1. The first-order valence-electron chi connectivity index (χ1n) is 9.99. The van der Waals surface area contributed by atoms with E-state index in [1.807, 2.05) is 31.2 Å². The summed E-state index contributed by atoms with van der Waals surface area (Å²) < 4.78 is 28.1. The molecule has 0 aromatic heterocycles. The summed E-state index contributed by atoms with van der Waals surface area (Å²) in [5.41, 5.74) is 2.61. The van der Waals surface area contributed by atoms with E-state index < -0.39 is 10.0 Å². The van der Waals surface area contributed by atoms with E-state index in [0.717, 1.165) is 37.8 Å². The van der Waals surface area contributed by atoms with E-state index in [-0.39, 0.29) is 22.9 Å². The average molecular weight is 399 g/mol. The van der Waals surface area contributed by atoms with Gasteiger partial charge in [-0.1, -0.05) is 37.5 Å². The molecule has 1 aliphatic carbocycles. The van der Waals surface area contributed by atoms with Crippen molar-refractivity contribution in [3.63, 3.8) is 0 Å². The summed E-state index contributed by atoms with van der Waals surface area (Å²) in [6, 6.07) is 14.3. The molecule has 0 bridgehead atoms. The Morgan fingerprint density at radius 3 is 2.39 bits per heavy atom. The fourth-order valence-corrected chi connectivity index (χ4v) is 5.60. The van der Waals surface area contributed by atoms with Gasteiger partial charge < -0.3 is 4.90 Å². The van der Waals surface area contributed by atoms with Gasteiger partial charge in [-0.2, -0.15) is 0 Å². The molecule has 2 aromatic rings. The van der Waals surface area contributed by atoms with E-state index in [9.17, 15) is 13.2 Å². The Bertz CT molecular complexity index is 964. The third-order valence-corrected chi connectivity index (χ3v) is 7.30. The molecule has 1 heterocycles. The molecule has 5 nitrogen and oxygen atoms in total. The van der Waals surface area contributed by atoms with Crippen molar-refractivity contribution in [2.24, 2.45) is 0 Å². The lowest BCUT2D eigenvalue weighted by Crippen LogP contribution is -2.36. The van der Waals surface area contributed by atoms with E-state index in [0.29, 0.717) is 5.56 Å². The van der Waals surface area contributed by atoms with Crippen LogP contribution in [-0.4, -0.2) is 26.4 Å². The molecule has 1 fully saturated rings. The number of benzene rings is 2. The van der Waals surface area contributed by atoms with Crippen LogP contribution in [0.1, 0.15) is 54.9 Å². The average Bonchev–Trinajstić information content (AvgIpc) is 3.03. The molecule has 4 rings (SSSR count). The van der Waals surface area contributed by atoms with E-state index in [2.05, 4.69) is 4.72 Å². The number of hydrogen-bond donors (Lipinski definition) is 1. The van der Waals surface area contributed by atoms with Crippen LogP contribution in [-0.2, 0) is 16.4 Å². The summed E-state index contributed by atoms with van der Waals surface area (Å²) in [6.07, 6.45) is 5.92. The normalized spacial score (nSPS) is 20.2. The van der Waals surface area contributed by atoms with Gasteiger partial charge in [-0.3, -0.25) is 4.79 Å². The molecular formula is C22H26N2O3S. The number of rotatable bonds is 4. The van der Waals surface area contributed by atoms with E-state index in [4.69, 9.17) is 0 Å². The Labute approximate surface area is 166 Å². The predicted molar refractivity (Wildman–Crippen MR) is 110 cm³/mol. The molecule has 6 heteroatoms. The molecule has 1 saturated carbocycles. The molecule has 1 N–H and O–H groups in total. The number of carbonyl (C=O) groups excluding carboxylic acids is 1. The summed E-state index contributed by atoms with van der Waals surface area (Å²) >= 11 is 0. The van der Waals surface area contributed by atoms with Gasteiger partial charge >= 0.3 is 0 Å². The number of carbonyl (C=O) groups is 1. The predicted octanol–water partition coefficient (Wildman–Crippen LogP) is 3.89. The lowest BCUT2D eigenvalue weighted by Gasteiger charge is -2.23. The molecule has 1 amide bonds. The van der Waals surface area contributed by atoms with Crippen molar-refractivity contribution in [1.29, 1.82) is 0 Å². The summed E-state index contributed by atoms with van der Waals surface area (Å²) in [7, 11) is -3.56. The first kappa shape index (κ1) is 19.2. The van der Waals surface area contributed by atoms with Crippen LogP contribution in [0.25, 0.3) is 0 Å². The van der Waals surface area contributed by atoms with Crippen LogP contribution in [0.15, 0.2) is 53.4 Å². The van der Waals surface area contributed by atoms with E-state index in [1.54, 1.807) is 17.0 Å². The first-order valence-corrected chi connectivity index (χ1v) is 11.5. The quantitative estimate of drug-likeness (QED) is 0.850. The number of anilines is 1. The van der Waals surface area contributed by atoms with Gasteiger partial charge in [0.05, 0.1) is 4.90 Å². The SMILES string of the molecule is CC1Cc2ccccc2N1C(=O)c1ccc(S(=O)(=O)NC2CCCCC2)cc1. The minimum Gasteiger partial charge on any atom is -0.305 e. The highest BCUT2D eigenvalue weighted by atomic mass is 32.2. The lowest BCUT2D eigenvalue weighted by atomic mass is 9.96. The van der Waals surface area contributed by atoms with Crippen LogP contribution in [0.2, 0.25) is 0 Å². The van der Waals surface area contributed by atoms with Crippen LogP contribution in [0, 0.1) is 0 Å². The van der Waals surface area contributed by atoms with Crippen molar-refractivity contribution in [2.75, 3.05) is 4.90 Å². The third kappa shape index (κ3) is 3.71. The van der Waals surface area contributed by atoms with Crippen LogP contribution >= 0.6 is 0 Å². The number of nitrogens with one attached hydrogen (secondary N) is 1. The maximum absolute atomic E-state index is 13.1. The number of fused-ring (bicyclic) bond motifs is 1. The van der Waals surface area contributed by atoms with Crippen molar-refractivity contribution >= 4 is 21.6 Å². The van der Waals surface area contributed by atoms with E-state index >= 15 is 0 Å². The second-order valence-corrected chi connectivity index (χ2v) is 9.55. The zero-order valence-corrected chi connectivity index (χ0v) is 16.9. The van der Waals surface area contributed by atoms with Crippen molar-refractivity contribution in [3.8, 4) is 0 Å². The number of hydrogen-bond acceptors (Lipinski definition) is 3. The fraction of sp³-hybridized carbons (Fsp3) is 0.409. The molecule has 1 aliphatic heterocycles. The highest BCUT2D eigenvalue weighted by molar-refractivity contribution is 7.89. The van der Waals surface area contributed by atoms with Gasteiger partial charge in [0, 0.05) is 23.3 Å². The minimum atomic E-state index is -3.56. The number of para-hydroxylation sites is 1. The van der Waals surface area contributed by atoms with Crippen molar-refractivity contribution in [2.45, 2.75) is 62.4 Å². The Balaban J connectivity index is 1.52. The summed E-state index contributed by atoms with van der Waals surface area (Å²) in [6.45, 7) is 2.03. The molecule has 0 radical (unpaired) electrons. The smallest absolute Gasteiger partial charge is 0.258 e. The Morgan fingerprint density at radius 1 is 1.00 bits per heavy atom. The number of nitrogens with zero attached hydrogens (tertiary/aromatic N) is 1. The zero-order valence-electron chi connectivity index (χ0n) is 16.1.